The Labute approximate surface area is 108 Å². The predicted octanol–water partition coefficient (Wildman–Crippen LogP) is 2.26. The molecule has 1 saturated heterocycles. The molecule has 0 aliphatic carbocycles. The van der Waals surface area contributed by atoms with E-state index in [1.165, 1.54) is 12.1 Å². The molecular weight excluding hydrogens is 226 g/mol. The van der Waals surface area contributed by atoms with Gasteiger partial charge < -0.3 is 15.8 Å². The molecule has 0 radical (unpaired) electrons. The predicted molar refractivity (Wildman–Crippen MR) is 74.1 cm³/mol. The van der Waals surface area contributed by atoms with E-state index >= 15 is 0 Å². The highest BCUT2D eigenvalue weighted by Gasteiger charge is 2.24. The van der Waals surface area contributed by atoms with Gasteiger partial charge in [0.25, 0.3) is 0 Å². The molecule has 1 fully saturated rings. The SMILES string of the molecule is CC(C)C1CCN(c2ccc(/C(N)=N/O)cc2)C1. The highest BCUT2D eigenvalue weighted by molar-refractivity contribution is 5.97. The third-order valence-corrected chi connectivity index (χ3v) is 3.80. The van der Waals surface area contributed by atoms with E-state index in [4.69, 9.17) is 10.9 Å². The second-order valence-corrected chi connectivity index (χ2v) is 5.27. The number of anilines is 1. The van der Waals surface area contributed by atoms with Gasteiger partial charge in [-0.05, 0) is 42.5 Å². The molecule has 18 heavy (non-hydrogen) atoms. The zero-order valence-electron chi connectivity index (χ0n) is 11.0. The van der Waals surface area contributed by atoms with Crippen molar-refractivity contribution in [2.75, 3.05) is 18.0 Å². The second kappa shape index (κ2) is 5.29. The van der Waals surface area contributed by atoms with Crippen molar-refractivity contribution in [2.24, 2.45) is 22.7 Å². The van der Waals surface area contributed by atoms with Gasteiger partial charge in [0, 0.05) is 24.3 Å². The zero-order valence-corrected chi connectivity index (χ0v) is 11.0. The van der Waals surface area contributed by atoms with Crippen molar-refractivity contribution in [2.45, 2.75) is 20.3 Å². The summed E-state index contributed by atoms with van der Waals surface area (Å²) in [6, 6.07) is 7.87. The van der Waals surface area contributed by atoms with Gasteiger partial charge in [-0.15, -0.1) is 0 Å². The smallest absolute Gasteiger partial charge is 0.170 e. The van der Waals surface area contributed by atoms with Gasteiger partial charge in [-0.25, -0.2) is 0 Å². The monoisotopic (exact) mass is 247 g/mol. The Morgan fingerprint density at radius 2 is 2.06 bits per heavy atom. The van der Waals surface area contributed by atoms with Gasteiger partial charge in [0.05, 0.1) is 0 Å². The summed E-state index contributed by atoms with van der Waals surface area (Å²) in [5.74, 6) is 1.68. The highest BCUT2D eigenvalue weighted by Crippen LogP contribution is 2.28. The normalized spacial score (nSPS) is 20.7. The molecule has 1 aliphatic rings. The number of nitrogens with two attached hydrogens (primary N) is 1. The van der Waals surface area contributed by atoms with E-state index in [1.54, 1.807) is 0 Å². The zero-order chi connectivity index (χ0) is 13.1. The number of oxime groups is 1. The summed E-state index contributed by atoms with van der Waals surface area (Å²) in [7, 11) is 0. The van der Waals surface area contributed by atoms with Crippen molar-refractivity contribution < 1.29 is 5.21 Å². The van der Waals surface area contributed by atoms with E-state index in [2.05, 4.69) is 23.9 Å². The molecule has 4 nitrogen and oxygen atoms in total. The molecule has 1 unspecified atom stereocenters. The van der Waals surface area contributed by atoms with Crippen LogP contribution in [-0.4, -0.2) is 24.1 Å². The third kappa shape index (κ3) is 2.58. The van der Waals surface area contributed by atoms with E-state index in [0.29, 0.717) is 0 Å². The van der Waals surface area contributed by atoms with Gasteiger partial charge >= 0.3 is 0 Å². The Bertz CT molecular complexity index is 425. The summed E-state index contributed by atoms with van der Waals surface area (Å²) < 4.78 is 0. The van der Waals surface area contributed by atoms with E-state index < -0.39 is 0 Å². The van der Waals surface area contributed by atoms with Gasteiger partial charge in [-0.1, -0.05) is 19.0 Å². The average molecular weight is 247 g/mol. The van der Waals surface area contributed by atoms with Crippen LogP contribution in [0.15, 0.2) is 29.4 Å². The second-order valence-electron chi connectivity index (χ2n) is 5.27. The first-order valence-corrected chi connectivity index (χ1v) is 6.44. The number of nitrogens with zero attached hydrogens (tertiary/aromatic N) is 2. The summed E-state index contributed by atoms with van der Waals surface area (Å²) in [6.45, 7) is 6.82. The number of hydrogen-bond acceptors (Lipinski definition) is 3. The maximum absolute atomic E-state index is 8.62. The molecule has 0 saturated carbocycles. The van der Waals surface area contributed by atoms with Crippen molar-refractivity contribution >= 4 is 11.5 Å². The van der Waals surface area contributed by atoms with Crippen LogP contribution < -0.4 is 10.6 Å². The van der Waals surface area contributed by atoms with E-state index in [1.807, 2.05) is 24.3 Å². The molecule has 0 amide bonds. The summed E-state index contributed by atoms with van der Waals surface area (Å²) in [5, 5.41) is 11.6. The van der Waals surface area contributed by atoms with Crippen LogP contribution in [-0.2, 0) is 0 Å². The fraction of sp³-hybridized carbons (Fsp3) is 0.500. The summed E-state index contributed by atoms with van der Waals surface area (Å²) in [6.07, 6.45) is 1.26. The highest BCUT2D eigenvalue weighted by atomic mass is 16.4. The quantitative estimate of drug-likeness (QED) is 0.373. The Morgan fingerprint density at radius 1 is 1.39 bits per heavy atom. The molecule has 0 spiro atoms. The molecule has 0 bridgehead atoms. The van der Waals surface area contributed by atoms with Crippen LogP contribution in [0.1, 0.15) is 25.8 Å². The van der Waals surface area contributed by atoms with Crippen molar-refractivity contribution in [1.29, 1.82) is 0 Å². The van der Waals surface area contributed by atoms with E-state index in [0.717, 1.165) is 30.5 Å². The number of amidine groups is 1. The van der Waals surface area contributed by atoms with Gasteiger partial charge in [0.1, 0.15) is 0 Å². The third-order valence-electron chi connectivity index (χ3n) is 3.80. The van der Waals surface area contributed by atoms with Gasteiger partial charge in [-0.3, -0.25) is 0 Å². The number of rotatable bonds is 3. The lowest BCUT2D eigenvalue weighted by Crippen LogP contribution is -2.21. The molecule has 1 atom stereocenters. The lowest BCUT2D eigenvalue weighted by atomic mass is 9.95. The van der Waals surface area contributed by atoms with Crippen LogP contribution in [0, 0.1) is 11.8 Å². The average Bonchev–Trinajstić information content (AvgIpc) is 2.88. The lowest BCUT2D eigenvalue weighted by Gasteiger charge is -2.20. The molecule has 1 aromatic carbocycles. The number of benzene rings is 1. The first-order chi connectivity index (χ1) is 8.61. The largest absolute Gasteiger partial charge is 0.409 e. The standard InChI is InChI=1S/C14H21N3O/c1-10(2)12-7-8-17(9-12)13-5-3-11(4-6-13)14(15)16-18/h3-6,10,12,18H,7-9H2,1-2H3,(H2,15,16). The van der Waals surface area contributed by atoms with Crippen molar-refractivity contribution in [1.82, 2.24) is 0 Å². The first kappa shape index (κ1) is 12.7. The van der Waals surface area contributed by atoms with Crippen LogP contribution >= 0.6 is 0 Å². The molecule has 4 heteroatoms. The molecule has 98 valence electrons. The summed E-state index contributed by atoms with van der Waals surface area (Å²) in [5.41, 5.74) is 7.51. The van der Waals surface area contributed by atoms with Gasteiger partial charge in [0.2, 0.25) is 0 Å². The van der Waals surface area contributed by atoms with Crippen molar-refractivity contribution in [3.63, 3.8) is 0 Å². The molecule has 1 aliphatic heterocycles. The van der Waals surface area contributed by atoms with E-state index in [9.17, 15) is 0 Å². The fourth-order valence-corrected chi connectivity index (χ4v) is 2.47. The fourth-order valence-electron chi connectivity index (χ4n) is 2.47. The molecule has 1 heterocycles. The maximum atomic E-state index is 8.62. The minimum Gasteiger partial charge on any atom is -0.409 e. The Hall–Kier alpha value is -1.71. The van der Waals surface area contributed by atoms with Gasteiger partial charge in [0.15, 0.2) is 5.84 Å². The molecule has 3 N–H and O–H groups in total. The van der Waals surface area contributed by atoms with Crippen molar-refractivity contribution in [3.8, 4) is 0 Å². The Balaban J connectivity index is 2.07. The van der Waals surface area contributed by atoms with Gasteiger partial charge in [-0.2, -0.15) is 0 Å². The van der Waals surface area contributed by atoms with Crippen molar-refractivity contribution in [3.05, 3.63) is 29.8 Å². The van der Waals surface area contributed by atoms with Crippen LogP contribution in [0.2, 0.25) is 0 Å². The van der Waals surface area contributed by atoms with Crippen LogP contribution in [0.3, 0.4) is 0 Å². The maximum Gasteiger partial charge on any atom is 0.170 e. The van der Waals surface area contributed by atoms with Crippen LogP contribution in [0.5, 0.6) is 0 Å². The van der Waals surface area contributed by atoms with Crippen LogP contribution in [0.25, 0.3) is 0 Å². The molecular formula is C14H21N3O. The number of hydrogen-bond donors (Lipinski definition) is 2. The molecule has 0 aromatic heterocycles. The van der Waals surface area contributed by atoms with Crippen LogP contribution in [0.4, 0.5) is 5.69 Å². The van der Waals surface area contributed by atoms with E-state index in [-0.39, 0.29) is 5.84 Å². The first-order valence-electron chi connectivity index (χ1n) is 6.44. The molecule has 1 aromatic rings. The summed E-state index contributed by atoms with van der Waals surface area (Å²) in [4.78, 5) is 2.40. The molecule has 2 rings (SSSR count). The Kier molecular flexibility index (Phi) is 3.75. The Morgan fingerprint density at radius 3 is 2.56 bits per heavy atom. The topological polar surface area (TPSA) is 61.8 Å². The summed E-state index contributed by atoms with van der Waals surface area (Å²) >= 11 is 0. The lowest BCUT2D eigenvalue weighted by molar-refractivity contribution is 0.318. The minimum atomic E-state index is 0.156. The minimum absolute atomic E-state index is 0.156.